The van der Waals surface area contributed by atoms with E-state index in [9.17, 15) is 14.9 Å². The van der Waals surface area contributed by atoms with Gasteiger partial charge in [0.2, 0.25) is 5.75 Å². The number of rotatable bonds is 7. The van der Waals surface area contributed by atoms with Crippen LogP contribution >= 0.6 is 15.9 Å². The Bertz CT molecular complexity index is 1530. The fourth-order valence-corrected chi connectivity index (χ4v) is 5.18. The molecule has 4 aromatic rings. The molecular formula is C28H25BrN4O4. The predicted molar refractivity (Wildman–Crippen MR) is 146 cm³/mol. The van der Waals surface area contributed by atoms with Gasteiger partial charge in [-0.3, -0.25) is 14.9 Å². The second-order valence-electron chi connectivity index (χ2n) is 9.06. The molecule has 37 heavy (non-hydrogen) atoms. The van der Waals surface area contributed by atoms with Crippen molar-refractivity contribution in [3.8, 4) is 5.75 Å². The quantitative estimate of drug-likeness (QED) is 0.144. The van der Waals surface area contributed by atoms with Crippen LogP contribution in [0.4, 0.5) is 5.69 Å². The largest absolute Gasteiger partial charge is 0.481 e. The molecule has 9 heteroatoms. The molecule has 0 spiro atoms. The number of aromatic nitrogens is 2. The van der Waals surface area contributed by atoms with Gasteiger partial charge >= 0.3 is 5.69 Å². The van der Waals surface area contributed by atoms with Gasteiger partial charge in [0.1, 0.15) is 12.4 Å². The Morgan fingerprint density at radius 2 is 1.81 bits per heavy atom. The lowest BCUT2D eigenvalue weighted by Gasteiger charge is -2.22. The van der Waals surface area contributed by atoms with Crippen molar-refractivity contribution in [2.45, 2.75) is 44.6 Å². The van der Waals surface area contributed by atoms with Crippen LogP contribution in [0, 0.1) is 10.1 Å². The number of ether oxygens (including phenoxy) is 1. The molecule has 0 N–H and O–H groups in total. The van der Waals surface area contributed by atoms with Crippen LogP contribution in [-0.4, -0.2) is 20.8 Å². The molecular weight excluding hydrogens is 536 g/mol. The lowest BCUT2D eigenvalue weighted by Crippen LogP contribution is -2.25. The van der Waals surface area contributed by atoms with E-state index in [2.05, 4.69) is 21.0 Å². The lowest BCUT2D eigenvalue weighted by molar-refractivity contribution is -0.386. The minimum Gasteiger partial charge on any atom is -0.481 e. The van der Waals surface area contributed by atoms with E-state index in [-0.39, 0.29) is 29.5 Å². The molecule has 1 heterocycles. The molecule has 5 rings (SSSR count). The molecule has 3 aromatic carbocycles. The van der Waals surface area contributed by atoms with Crippen molar-refractivity contribution < 1.29 is 9.66 Å². The van der Waals surface area contributed by atoms with Gasteiger partial charge in [0, 0.05) is 22.0 Å². The first-order valence-corrected chi connectivity index (χ1v) is 13.0. The van der Waals surface area contributed by atoms with E-state index >= 15 is 0 Å². The van der Waals surface area contributed by atoms with Crippen LogP contribution < -0.4 is 10.3 Å². The number of nitro benzene ring substituents is 1. The molecule has 0 radical (unpaired) electrons. The van der Waals surface area contributed by atoms with E-state index in [1.54, 1.807) is 18.2 Å². The standard InChI is InChI=1S/C28H25BrN4O4/c29-22-15-21(26(25(16-22)33(35)36)37-18-19-9-3-1-4-10-19)17-30-32-27(20-11-5-2-6-12-20)31-24-14-8-7-13-23(24)28(32)34/h1,3-4,7-10,13-17,20H,2,5-6,11-12,18H2. The monoisotopic (exact) mass is 560 g/mol. The third-order valence-electron chi connectivity index (χ3n) is 6.55. The fourth-order valence-electron chi connectivity index (χ4n) is 4.72. The maximum Gasteiger partial charge on any atom is 0.312 e. The number of fused-ring (bicyclic) bond motifs is 1. The molecule has 0 saturated heterocycles. The smallest absolute Gasteiger partial charge is 0.312 e. The normalized spacial score (nSPS) is 14.3. The number of halogens is 1. The second kappa shape index (κ2) is 11.0. The van der Waals surface area contributed by atoms with Crippen molar-refractivity contribution in [2.24, 2.45) is 5.10 Å². The molecule has 0 amide bonds. The maximum absolute atomic E-state index is 13.5. The molecule has 1 fully saturated rings. The van der Waals surface area contributed by atoms with E-state index in [1.165, 1.54) is 23.4 Å². The summed E-state index contributed by atoms with van der Waals surface area (Å²) in [5.41, 5.74) is 1.44. The van der Waals surface area contributed by atoms with Gasteiger partial charge in [-0.1, -0.05) is 77.7 Å². The van der Waals surface area contributed by atoms with Gasteiger partial charge in [-0.15, -0.1) is 0 Å². The summed E-state index contributed by atoms with van der Waals surface area (Å²) < 4.78 is 7.81. The van der Waals surface area contributed by atoms with Crippen molar-refractivity contribution in [1.82, 2.24) is 9.66 Å². The zero-order valence-electron chi connectivity index (χ0n) is 20.0. The van der Waals surface area contributed by atoms with Crippen LogP contribution in [0.1, 0.15) is 55.0 Å². The lowest BCUT2D eigenvalue weighted by atomic mass is 9.88. The van der Waals surface area contributed by atoms with Crippen LogP contribution in [0.25, 0.3) is 10.9 Å². The highest BCUT2D eigenvalue weighted by atomic mass is 79.9. The van der Waals surface area contributed by atoms with E-state index in [0.717, 1.165) is 31.2 Å². The van der Waals surface area contributed by atoms with Crippen molar-refractivity contribution in [3.05, 3.63) is 109 Å². The second-order valence-corrected chi connectivity index (χ2v) is 9.97. The summed E-state index contributed by atoms with van der Waals surface area (Å²) in [5.74, 6) is 0.826. The minimum atomic E-state index is -0.486. The maximum atomic E-state index is 13.5. The van der Waals surface area contributed by atoms with Gasteiger partial charge in [0.05, 0.1) is 22.0 Å². The molecule has 1 aliphatic carbocycles. The molecule has 188 valence electrons. The summed E-state index contributed by atoms with van der Waals surface area (Å²) in [4.78, 5) is 29.7. The van der Waals surface area contributed by atoms with Crippen molar-refractivity contribution in [3.63, 3.8) is 0 Å². The summed E-state index contributed by atoms with van der Waals surface area (Å²) in [6.45, 7) is 0.148. The Balaban J connectivity index is 1.60. The van der Waals surface area contributed by atoms with Gasteiger partial charge in [0.15, 0.2) is 0 Å². The van der Waals surface area contributed by atoms with Crippen LogP contribution in [-0.2, 0) is 6.61 Å². The van der Waals surface area contributed by atoms with E-state index < -0.39 is 4.92 Å². The van der Waals surface area contributed by atoms with Crippen molar-refractivity contribution in [2.75, 3.05) is 0 Å². The van der Waals surface area contributed by atoms with E-state index in [1.807, 2.05) is 42.5 Å². The Labute approximate surface area is 221 Å². The topological polar surface area (TPSA) is 99.6 Å². The first kappa shape index (κ1) is 24.8. The van der Waals surface area contributed by atoms with Gasteiger partial charge in [-0.05, 0) is 36.6 Å². The highest BCUT2D eigenvalue weighted by molar-refractivity contribution is 9.10. The molecule has 0 aliphatic heterocycles. The highest BCUT2D eigenvalue weighted by Crippen LogP contribution is 2.35. The van der Waals surface area contributed by atoms with Gasteiger partial charge in [0.25, 0.3) is 5.56 Å². The van der Waals surface area contributed by atoms with Crippen LogP contribution in [0.3, 0.4) is 0 Å². The molecule has 0 atom stereocenters. The summed E-state index contributed by atoms with van der Waals surface area (Å²) in [6, 6.07) is 19.7. The van der Waals surface area contributed by atoms with E-state index in [0.29, 0.717) is 26.8 Å². The van der Waals surface area contributed by atoms with Crippen LogP contribution in [0.5, 0.6) is 5.75 Å². The average Bonchev–Trinajstić information content (AvgIpc) is 2.92. The molecule has 0 unspecified atom stereocenters. The highest BCUT2D eigenvalue weighted by Gasteiger charge is 2.24. The average molecular weight is 561 g/mol. The molecule has 1 aromatic heterocycles. The van der Waals surface area contributed by atoms with Gasteiger partial charge < -0.3 is 4.74 Å². The zero-order valence-corrected chi connectivity index (χ0v) is 21.6. The molecule has 1 aliphatic rings. The summed E-state index contributed by atoms with van der Waals surface area (Å²) >= 11 is 3.36. The Morgan fingerprint density at radius 1 is 1.08 bits per heavy atom. The number of hydrogen-bond donors (Lipinski definition) is 0. The summed E-state index contributed by atoms with van der Waals surface area (Å²) in [7, 11) is 0. The molecule has 0 bridgehead atoms. The fraction of sp³-hybridized carbons (Fsp3) is 0.250. The van der Waals surface area contributed by atoms with Gasteiger partial charge in [-0.2, -0.15) is 9.78 Å². The van der Waals surface area contributed by atoms with E-state index in [4.69, 9.17) is 9.72 Å². The first-order valence-electron chi connectivity index (χ1n) is 12.2. The Kier molecular flexibility index (Phi) is 7.41. The Hall–Kier alpha value is -3.85. The predicted octanol–water partition coefficient (Wildman–Crippen LogP) is 6.58. The van der Waals surface area contributed by atoms with Crippen molar-refractivity contribution in [1.29, 1.82) is 0 Å². The SMILES string of the molecule is O=c1c2ccccc2nc(C2CCCCC2)n1N=Cc1cc(Br)cc([N+](=O)[O-])c1OCc1ccccc1. The number of nitro groups is 1. The van der Waals surface area contributed by atoms with Gasteiger partial charge in [-0.25, -0.2) is 4.98 Å². The number of nitrogens with zero attached hydrogens (tertiary/aromatic N) is 4. The molecule has 1 saturated carbocycles. The third-order valence-corrected chi connectivity index (χ3v) is 7.00. The van der Waals surface area contributed by atoms with Crippen molar-refractivity contribution >= 4 is 38.7 Å². The number of hydrogen-bond acceptors (Lipinski definition) is 6. The Morgan fingerprint density at radius 3 is 2.57 bits per heavy atom. The number of para-hydroxylation sites is 1. The molecule has 8 nitrogen and oxygen atoms in total. The number of benzene rings is 3. The van der Waals surface area contributed by atoms with Crippen LogP contribution in [0.2, 0.25) is 0 Å². The zero-order chi connectivity index (χ0) is 25.8. The summed E-state index contributed by atoms with van der Waals surface area (Å²) in [6.07, 6.45) is 6.64. The van der Waals surface area contributed by atoms with Crippen LogP contribution in [0.15, 0.2) is 81.1 Å². The summed E-state index contributed by atoms with van der Waals surface area (Å²) in [5, 5.41) is 16.9. The minimum absolute atomic E-state index is 0.0850. The first-order chi connectivity index (χ1) is 18.0. The third kappa shape index (κ3) is 5.46.